The number of hydrogen-bond acceptors (Lipinski definition) is 5. The number of hydrogen-bond donors (Lipinski definition) is 1. The van der Waals surface area contributed by atoms with E-state index in [-0.39, 0.29) is 17.2 Å². The molecule has 19 heavy (non-hydrogen) atoms. The van der Waals surface area contributed by atoms with Gasteiger partial charge in [-0.2, -0.15) is 5.26 Å². The molecular weight excluding hydrogens is 247 g/mol. The van der Waals surface area contributed by atoms with Crippen molar-refractivity contribution in [1.29, 1.82) is 5.26 Å². The van der Waals surface area contributed by atoms with Gasteiger partial charge in [-0.05, 0) is 24.6 Å². The molecule has 5 nitrogen and oxygen atoms in total. The summed E-state index contributed by atoms with van der Waals surface area (Å²) in [7, 11) is 0. The molecule has 0 saturated carbocycles. The number of ether oxygens (including phenoxy) is 1. The molecule has 2 rings (SSSR count). The molecule has 0 saturated heterocycles. The fraction of sp³-hybridized carbons (Fsp3) is 0.154. The second-order valence-corrected chi connectivity index (χ2v) is 3.76. The van der Waals surface area contributed by atoms with E-state index in [1.807, 2.05) is 13.0 Å². The molecule has 0 atom stereocenters. The zero-order chi connectivity index (χ0) is 13.8. The van der Waals surface area contributed by atoms with Gasteiger partial charge in [0.05, 0.1) is 17.2 Å². The average molecular weight is 258 g/mol. The molecule has 1 aromatic carbocycles. The smallest absolute Gasteiger partial charge is 0.227 e. The van der Waals surface area contributed by atoms with Gasteiger partial charge in [0, 0.05) is 0 Å². The molecule has 1 aromatic heterocycles. The van der Waals surface area contributed by atoms with Crippen molar-refractivity contribution in [2.75, 3.05) is 5.73 Å². The third-order valence-electron chi connectivity index (χ3n) is 2.56. The fourth-order valence-electron chi connectivity index (χ4n) is 1.59. The number of nitrogen functional groups attached to an aromatic ring is 1. The topological polar surface area (TPSA) is 84.8 Å². The van der Waals surface area contributed by atoms with E-state index >= 15 is 0 Å². The number of nitrogens with two attached hydrogens (primary N) is 1. The Hall–Kier alpha value is -2.68. The molecule has 0 aliphatic heterocycles. The van der Waals surface area contributed by atoms with Gasteiger partial charge in [0.1, 0.15) is 12.1 Å². The van der Waals surface area contributed by atoms with Crippen molar-refractivity contribution >= 4 is 5.82 Å². The van der Waals surface area contributed by atoms with Crippen molar-refractivity contribution in [2.45, 2.75) is 13.3 Å². The van der Waals surface area contributed by atoms with Gasteiger partial charge in [0.25, 0.3) is 0 Å². The van der Waals surface area contributed by atoms with Crippen molar-refractivity contribution in [3.05, 3.63) is 41.5 Å². The Bertz CT molecular complexity index is 652. The maximum Gasteiger partial charge on any atom is 0.227 e. The minimum Gasteiger partial charge on any atom is -0.435 e. The predicted octanol–water partition coefficient (Wildman–Crippen LogP) is 2.42. The molecule has 1 heterocycles. The second kappa shape index (κ2) is 5.31. The van der Waals surface area contributed by atoms with Crippen LogP contribution in [0.3, 0.4) is 0 Å². The molecular formula is C13H11FN4O. The van der Waals surface area contributed by atoms with E-state index in [4.69, 9.17) is 15.7 Å². The van der Waals surface area contributed by atoms with E-state index in [0.29, 0.717) is 17.8 Å². The minimum atomic E-state index is -0.627. The molecule has 96 valence electrons. The summed E-state index contributed by atoms with van der Waals surface area (Å²) < 4.78 is 19.1. The number of nitriles is 1. The highest BCUT2D eigenvalue weighted by Gasteiger charge is 2.12. The maximum atomic E-state index is 13.7. The van der Waals surface area contributed by atoms with Crippen LogP contribution in [-0.2, 0) is 6.42 Å². The van der Waals surface area contributed by atoms with E-state index in [1.165, 1.54) is 18.5 Å². The SMILES string of the molecule is CCc1c(N)ncnc1Oc1ccc(C#N)cc1F. The summed E-state index contributed by atoms with van der Waals surface area (Å²) in [4.78, 5) is 7.80. The van der Waals surface area contributed by atoms with Crippen molar-refractivity contribution in [1.82, 2.24) is 9.97 Å². The fourth-order valence-corrected chi connectivity index (χ4v) is 1.59. The van der Waals surface area contributed by atoms with Gasteiger partial charge in [-0.1, -0.05) is 6.92 Å². The molecule has 0 aliphatic rings. The third-order valence-corrected chi connectivity index (χ3v) is 2.56. The molecule has 6 heteroatoms. The Morgan fingerprint density at radius 1 is 1.42 bits per heavy atom. The Balaban J connectivity index is 2.37. The first kappa shape index (κ1) is 12.8. The highest BCUT2D eigenvalue weighted by atomic mass is 19.1. The molecule has 0 aliphatic carbocycles. The van der Waals surface area contributed by atoms with Crippen molar-refractivity contribution in [3.63, 3.8) is 0 Å². The quantitative estimate of drug-likeness (QED) is 0.913. The van der Waals surface area contributed by atoms with Gasteiger partial charge in [0.15, 0.2) is 11.6 Å². The lowest BCUT2D eigenvalue weighted by Crippen LogP contribution is -2.02. The number of rotatable bonds is 3. The van der Waals surface area contributed by atoms with Gasteiger partial charge in [0.2, 0.25) is 5.88 Å². The number of halogens is 1. The first-order valence-corrected chi connectivity index (χ1v) is 5.62. The summed E-state index contributed by atoms with van der Waals surface area (Å²) in [6, 6.07) is 5.80. The zero-order valence-electron chi connectivity index (χ0n) is 10.2. The van der Waals surface area contributed by atoms with Gasteiger partial charge < -0.3 is 10.5 Å². The Kier molecular flexibility index (Phi) is 3.57. The van der Waals surface area contributed by atoms with Crippen LogP contribution in [-0.4, -0.2) is 9.97 Å². The molecule has 0 radical (unpaired) electrons. The summed E-state index contributed by atoms with van der Waals surface area (Å²) in [6.07, 6.45) is 1.82. The number of nitrogens with zero attached hydrogens (tertiary/aromatic N) is 3. The van der Waals surface area contributed by atoms with E-state index in [0.717, 1.165) is 6.07 Å². The number of anilines is 1. The van der Waals surface area contributed by atoms with E-state index in [1.54, 1.807) is 0 Å². The highest BCUT2D eigenvalue weighted by Crippen LogP contribution is 2.28. The third kappa shape index (κ3) is 2.60. The lowest BCUT2D eigenvalue weighted by atomic mass is 10.2. The first-order chi connectivity index (χ1) is 9.15. The van der Waals surface area contributed by atoms with Crippen LogP contribution in [0.1, 0.15) is 18.1 Å². The second-order valence-electron chi connectivity index (χ2n) is 3.76. The van der Waals surface area contributed by atoms with Crippen LogP contribution < -0.4 is 10.5 Å². The van der Waals surface area contributed by atoms with Crippen molar-refractivity contribution in [2.24, 2.45) is 0 Å². The summed E-state index contributed by atoms with van der Waals surface area (Å²) >= 11 is 0. The molecule has 0 amide bonds. The predicted molar refractivity (Wildman–Crippen MR) is 67.0 cm³/mol. The zero-order valence-corrected chi connectivity index (χ0v) is 10.2. The maximum absolute atomic E-state index is 13.7. The van der Waals surface area contributed by atoms with Crippen LogP contribution in [0, 0.1) is 17.1 Å². The largest absolute Gasteiger partial charge is 0.435 e. The van der Waals surface area contributed by atoms with E-state index in [2.05, 4.69) is 9.97 Å². The summed E-state index contributed by atoms with van der Waals surface area (Å²) in [5.74, 6) is -0.106. The van der Waals surface area contributed by atoms with Crippen LogP contribution in [0.2, 0.25) is 0 Å². The molecule has 0 fully saturated rings. The van der Waals surface area contributed by atoms with Crippen LogP contribution in [0.5, 0.6) is 11.6 Å². The summed E-state index contributed by atoms with van der Waals surface area (Å²) in [5, 5.41) is 8.67. The monoisotopic (exact) mass is 258 g/mol. The van der Waals surface area contributed by atoms with E-state index < -0.39 is 5.82 Å². The summed E-state index contributed by atoms with van der Waals surface area (Å²) in [6.45, 7) is 1.87. The van der Waals surface area contributed by atoms with Crippen molar-refractivity contribution < 1.29 is 9.13 Å². The molecule has 2 N–H and O–H groups in total. The van der Waals surface area contributed by atoms with Crippen LogP contribution in [0.15, 0.2) is 24.5 Å². The van der Waals surface area contributed by atoms with Gasteiger partial charge >= 0.3 is 0 Å². The first-order valence-electron chi connectivity index (χ1n) is 5.62. The summed E-state index contributed by atoms with van der Waals surface area (Å²) in [5.41, 5.74) is 6.54. The Morgan fingerprint density at radius 2 is 2.21 bits per heavy atom. The van der Waals surface area contributed by atoms with Gasteiger partial charge in [-0.25, -0.2) is 14.4 Å². The van der Waals surface area contributed by atoms with Crippen LogP contribution in [0.25, 0.3) is 0 Å². The molecule has 0 bridgehead atoms. The highest BCUT2D eigenvalue weighted by molar-refractivity contribution is 5.46. The van der Waals surface area contributed by atoms with Crippen LogP contribution >= 0.6 is 0 Å². The Labute approximate surface area is 109 Å². The minimum absolute atomic E-state index is 0.00759. The normalized spacial score (nSPS) is 9.95. The van der Waals surface area contributed by atoms with E-state index in [9.17, 15) is 4.39 Å². The average Bonchev–Trinajstić information content (AvgIpc) is 2.41. The lowest BCUT2D eigenvalue weighted by molar-refractivity contribution is 0.422. The Morgan fingerprint density at radius 3 is 2.84 bits per heavy atom. The lowest BCUT2D eigenvalue weighted by Gasteiger charge is -2.10. The number of aromatic nitrogens is 2. The molecule has 0 spiro atoms. The van der Waals surface area contributed by atoms with Gasteiger partial charge in [-0.3, -0.25) is 0 Å². The molecule has 2 aromatic rings. The van der Waals surface area contributed by atoms with Crippen LogP contribution in [0.4, 0.5) is 10.2 Å². The standard InChI is InChI=1S/C13H11FN4O/c1-2-9-12(16)17-7-18-13(9)19-11-4-3-8(6-15)5-10(11)14/h3-5,7H,2H2,1H3,(H2,16,17,18). The number of benzene rings is 1. The molecule has 0 unspecified atom stereocenters. The van der Waals surface area contributed by atoms with Crippen molar-refractivity contribution in [3.8, 4) is 17.7 Å². The van der Waals surface area contributed by atoms with Gasteiger partial charge in [-0.15, -0.1) is 0 Å².